The topological polar surface area (TPSA) is 61.4 Å². The second kappa shape index (κ2) is 7.09. The summed E-state index contributed by atoms with van der Waals surface area (Å²) in [7, 11) is 0. The van der Waals surface area contributed by atoms with E-state index in [1.54, 1.807) is 6.07 Å². The van der Waals surface area contributed by atoms with E-state index in [1.807, 2.05) is 11.0 Å². The van der Waals surface area contributed by atoms with E-state index in [4.69, 9.17) is 0 Å². The molecule has 2 aliphatic rings. The number of nitrogens with zero attached hydrogens (tertiary/aromatic N) is 4. The molecule has 6 nitrogen and oxygen atoms in total. The predicted octanol–water partition coefficient (Wildman–Crippen LogP) is 3.06. The van der Waals surface area contributed by atoms with Gasteiger partial charge >= 0.3 is 0 Å². The number of hydrogen-bond donors (Lipinski definition) is 1. The molecular formula is C19H23N5O. The highest BCUT2D eigenvalue weighted by Crippen LogP contribution is 2.23. The Hall–Kier alpha value is -2.63. The zero-order valence-electron chi connectivity index (χ0n) is 14.3. The third-order valence-corrected chi connectivity index (χ3v) is 4.89. The van der Waals surface area contributed by atoms with E-state index in [1.165, 1.54) is 18.5 Å². The van der Waals surface area contributed by atoms with Gasteiger partial charge in [-0.3, -0.25) is 4.79 Å². The molecule has 1 N–H and O–H groups in total. The molecule has 6 heteroatoms. The first-order valence-corrected chi connectivity index (χ1v) is 9.05. The van der Waals surface area contributed by atoms with Crippen LogP contribution in [-0.4, -0.2) is 47.2 Å². The summed E-state index contributed by atoms with van der Waals surface area (Å²) in [6, 6.07) is 11.9. The first-order chi connectivity index (χ1) is 12.3. The van der Waals surface area contributed by atoms with Gasteiger partial charge in [0.25, 0.3) is 5.91 Å². The van der Waals surface area contributed by atoms with Gasteiger partial charge < -0.3 is 15.1 Å². The number of nitrogens with one attached hydrogen (secondary N) is 1. The number of carbonyl (C=O) groups is 1. The van der Waals surface area contributed by atoms with Crippen molar-refractivity contribution in [1.82, 2.24) is 15.1 Å². The van der Waals surface area contributed by atoms with Crippen LogP contribution >= 0.6 is 0 Å². The minimum absolute atomic E-state index is 0.0217. The summed E-state index contributed by atoms with van der Waals surface area (Å²) in [6.45, 7) is 3.93. The average molecular weight is 337 g/mol. The Labute approximate surface area is 147 Å². The average Bonchev–Trinajstić information content (AvgIpc) is 3.36. The summed E-state index contributed by atoms with van der Waals surface area (Å²) in [5.41, 5.74) is 2.65. The van der Waals surface area contributed by atoms with Gasteiger partial charge in [-0.25, -0.2) is 0 Å². The highest BCUT2D eigenvalue weighted by Gasteiger charge is 2.20. The number of aromatic nitrogens is 2. The Morgan fingerprint density at radius 1 is 0.840 bits per heavy atom. The molecule has 0 spiro atoms. The van der Waals surface area contributed by atoms with Crippen molar-refractivity contribution < 1.29 is 4.79 Å². The number of anilines is 3. The molecular weight excluding hydrogens is 314 g/mol. The summed E-state index contributed by atoms with van der Waals surface area (Å²) < 4.78 is 0. The summed E-state index contributed by atoms with van der Waals surface area (Å²) in [5, 5.41) is 11.5. The predicted molar refractivity (Wildman–Crippen MR) is 98.3 cm³/mol. The van der Waals surface area contributed by atoms with E-state index in [2.05, 4.69) is 44.7 Å². The Bertz CT molecular complexity index is 716. The number of carbonyl (C=O) groups excluding carboxylic acids is 1. The monoisotopic (exact) mass is 337 g/mol. The van der Waals surface area contributed by atoms with Gasteiger partial charge in [-0.15, -0.1) is 10.2 Å². The molecule has 0 unspecified atom stereocenters. The standard InChI is InChI=1S/C19H23N5O/c25-19(24-13-3-4-14-24)17-9-10-18(22-21-17)20-15-5-7-16(8-6-15)23-11-1-2-12-23/h5-10H,1-4,11-14H2,(H,20,22). The van der Waals surface area contributed by atoms with Crippen LogP contribution in [0.3, 0.4) is 0 Å². The third-order valence-electron chi connectivity index (χ3n) is 4.89. The SMILES string of the molecule is O=C(c1ccc(Nc2ccc(N3CCCC3)cc2)nn1)N1CCCC1. The van der Waals surface area contributed by atoms with Gasteiger partial charge in [0.05, 0.1) is 0 Å². The molecule has 1 aromatic heterocycles. The first-order valence-electron chi connectivity index (χ1n) is 9.05. The van der Waals surface area contributed by atoms with Crippen molar-refractivity contribution in [2.45, 2.75) is 25.7 Å². The van der Waals surface area contributed by atoms with Crippen LogP contribution in [-0.2, 0) is 0 Å². The summed E-state index contributed by atoms with van der Waals surface area (Å²) >= 11 is 0. The maximum absolute atomic E-state index is 12.3. The highest BCUT2D eigenvalue weighted by atomic mass is 16.2. The summed E-state index contributed by atoms with van der Waals surface area (Å²) in [4.78, 5) is 16.5. The van der Waals surface area contributed by atoms with E-state index in [0.717, 1.165) is 44.7 Å². The number of hydrogen-bond acceptors (Lipinski definition) is 5. The number of rotatable bonds is 4. The third kappa shape index (κ3) is 3.57. The Morgan fingerprint density at radius 2 is 1.52 bits per heavy atom. The lowest BCUT2D eigenvalue weighted by atomic mass is 10.2. The van der Waals surface area contributed by atoms with Crippen molar-refractivity contribution in [2.75, 3.05) is 36.4 Å². The molecule has 0 saturated carbocycles. The van der Waals surface area contributed by atoms with Gasteiger partial charge in [-0.05, 0) is 62.1 Å². The van der Waals surface area contributed by atoms with Crippen LogP contribution in [0.5, 0.6) is 0 Å². The summed E-state index contributed by atoms with van der Waals surface area (Å²) in [6.07, 6.45) is 4.70. The van der Waals surface area contributed by atoms with E-state index >= 15 is 0 Å². The lowest BCUT2D eigenvalue weighted by Gasteiger charge is -2.18. The minimum atomic E-state index is -0.0217. The van der Waals surface area contributed by atoms with Gasteiger partial charge in [-0.2, -0.15) is 0 Å². The van der Waals surface area contributed by atoms with Crippen molar-refractivity contribution in [1.29, 1.82) is 0 Å². The van der Waals surface area contributed by atoms with Crippen LogP contribution in [0.25, 0.3) is 0 Å². The molecule has 130 valence electrons. The normalized spacial score (nSPS) is 17.1. The van der Waals surface area contributed by atoms with Crippen molar-refractivity contribution in [3.05, 3.63) is 42.1 Å². The minimum Gasteiger partial charge on any atom is -0.372 e. The van der Waals surface area contributed by atoms with Crippen molar-refractivity contribution >= 4 is 23.1 Å². The van der Waals surface area contributed by atoms with E-state index < -0.39 is 0 Å². The molecule has 0 aliphatic carbocycles. The van der Waals surface area contributed by atoms with E-state index in [9.17, 15) is 4.79 Å². The number of amides is 1. The molecule has 2 aliphatic heterocycles. The van der Waals surface area contributed by atoms with Crippen LogP contribution < -0.4 is 10.2 Å². The molecule has 4 rings (SSSR count). The first kappa shape index (κ1) is 15.9. The van der Waals surface area contributed by atoms with Crippen LogP contribution in [0.15, 0.2) is 36.4 Å². The van der Waals surface area contributed by atoms with E-state index in [-0.39, 0.29) is 5.91 Å². The van der Waals surface area contributed by atoms with Gasteiger partial charge in [0, 0.05) is 37.6 Å². The lowest BCUT2D eigenvalue weighted by Crippen LogP contribution is -2.28. The van der Waals surface area contributed by atoms with Gasteiger partial charge in [0.1, 0.15) is 0 Å². The fourth-order valence-electron chi connectivity index (χ4n) is 3.47. The van der Waals surface area contributed by atoms with E-state index in [0.29, 0.717) is 11.5 Å². The molecule has 0 radical (unpaired) electrons. The van der Waals surface area contributed by atoms with Gasteiger partial charge in [0.2, 0.25) is 0 Å². The van der Waals surface area contributed by atoms with Crippen LogP contribution in [0.2, 0.25) is 0 Å². The molecule has 25 heavy (non-hydrogen) atoms. The van der Waals surface area contributed by atoms with Gasteiger partial charge in [-0.1, -0.05) is 0 Å². The van der Waals surface area contributed by atoms with Gasteiger partial charge in [0.15, 0.2) is 11.5 Å². The Balaban J connectivity index is 1.39. The largest absolute Gasteiger partial charge is 0.372 e. The van der Waals surface area contributed by atoms with Crippen molar-refractivity contribution in [2.24, 2.45) is 0 Å². The smallest absolute Gasteiger partial charge is 0.274 e. The zero-order chi connectivity index (χ0) is 17.1. The second-order valence-corrected chi connectivity index (χ2v) is 6.67. The summed E-state index contributed by atoms with van der Waals surface area (Å²) in [5.74, 6) is 0.624. The number of likely N-dealkylation sites (tertiary alicyclic amines) is 1. The number of benzene rings is 1. The molecule has 3 heterocycles. The van der Waals surface area contributed by atoms with Crippen LogP contribution in [0, 0.1) is 0 Å². The molecule has 0 atom stereocenters. The molecule has 2 saturated heterocycles. The second-order valence-electron chi connectivity index (χ2n) is 6.67. The van der Waals surface area contributed by atoms with Crippen LogP contribution in [0.1, 0.15) is 36.2 Å². The molecule has 2 fully saturated rings. The Kier molecular flexibility index (Phi) is 4.50. The fourth-order valence-corrected chi connectivity index (χ4v) is 3.47. The molecule has 1 amide bonds. The maximum atomic E-state index is 12.3. The molecule has 1 aromatic carbocycles. The quantitative estimate of drug-likeness (QED) is 0.929. The Morgan fingerprint density at radius 3 is 2.16 bits per heavy atom. The maximum Gasteiger partial charge on any atom is 0.274 e. The van der Waals surface area contributed by atoms with Crippen molar-refractivity contribution in [3.63, 3.8) is 0 Å². The fraction of sp³-hybridized carbons (Fsp3) is 0.421. The molecule has 0 bridgehead atoms. The highest BCUT2D eigenvalue weighted by molar-refractivity contribution is 5.92. The van der Waals surface area contributed by atoms with Crippen molar-refractivity contribution in [3.8, 4) is 0 Å². The lowest BCUT2D eigenvalue weighted by molar-refractivity contribution is 0.0786. The molecule has 2 aromatic rings. The van der Waals surface area contributed by atoms with Crippen LogP contribution in [0.4, 0.5) is 17.2 Å². The zero-order valence-corrected chi connectivity index (χ0v) is 14.3.